The number of aliphatic hydroxyl groups is 1. The summed E-state index contributed by atoms with van der Waals surface area (Å²) in [5, 5.41) is 17.6. The van der Waals surface area contributed by atoms with Gasteiger partial charge in [0.25, 0.3) is 0 Å². The normalized spacial score (nSPS) is 11.3. The minimum absolute atomic E-state index is 0.0209. The third-order valence-electron chi connectivity index (χ3n) is 3.16. The van der Waals surface area contributed by atoms with Crippen molar-refractivity contribution in [2.75, 3.05) is 0 Å². The van der Waals surface area contributed by atoms with Gasteiger partial charge in [-0.25, -0.2) is 4.79 Å². The Kier molecular flexibility index (Phi) is 4.75. The van der Waals surface area contributed by atoms with Gasteiger partial charge in [0.15, 0.2) is 11.6 Å². The lowest BCUT2D eigenvalue weighted by molar-refractivity contribution is -0.135. The minimum Gasteiger partial charge on any atom is -0.502 e. The first-order valence-electron chi connectivity index (χ1n) is 6.72. The first-order valence-corrected chi connectivity index (χ1v) is 6.72. The van der Waals surface area contributed by atoms with Gasteiger partial charge in [-0.15, -0.1) is 0 Å². The second-order valence-corrected chi connectivity index (χ2v) is 4.93. The van der Waals surface area contributed by atoms with Crippen LogP contribution < -0.4 is 0 Å². The van der Waals surface area contributed by atoms with Crippen molar-refractivity contribution in [2.24, 2.45) is 0 Å². The smallest absolute Gasteiger partial charge is 0.371 e. The zero-order valence-corrected chi connectivity index (χ0v) is 12.3. The van der Waals surface area contributed by atoms with Gasteiger partial charge in [0.1, 0.15) is 12.0 Å². The molecule has 0 radical (unpaired) electrons. The maximum Gasteiger partial charge on any atom is 0.371 e. The van der Waals surface area contributed by atoms with Gasteiger partial charge >= 0.3 is 5.97 Å². The number of carboxylic acids is 1. The van der Waals surface area contributed by atoms with E-state index in [0.29, 0.717) is 23.8 Å². The van der Waals surface area contributed by atoms with Crippen LogP contribution >= 0.6 is 0 Å². The third kappa shape index (κ3) is 4.16. The molecule has 23 heavy (non-hydrogen) atoms. The molecule has 0 fully saturated rings. The van der Waals surface area contributed by atoms with Gasteiger partial charge in [-0.1, -0.05) is 24.3 Å². The summed E-state index contributed by atoms with van der Waals surface area (Å²) in [6.45, 7) is 1.49. The summed E-state index contributed by atoms with van der Waals surface area (Å²) < 4.78 is 5.26. The summed E-state index contributed by atoms with van der Waals surface area (Å²) in [7, 11) is 0. The zero-order valence-electron chi connectivity index (χ0n) is 12.3. The summed E-state index contributed by atoms with van der Waals surface area (Å²) in [5.74, 6) is -2.78. The fraction of sp³-hybridized carbons (Fsp3) is 0.118. The van der Waals surface area contributed by atoms with E-state index in [4.69, 9.17) is 14.6 Å². The van der Waals surface area contributed by atoms with Crippen LogP contribution in [0.1, 0.15) is 39.0 Å². The molecule has 2 aromatic rings. The predicted octanol–water partition coefficient (Wildman–Crippen LogP) is 2.78. The number of hydrogen-bond acceptors (Lipinski definition) is 5. The summed E-state index contributed by atoms with van der Waals surface area (Å²) in [5.41, 5.74) is 1.65. The van der Waals surface area contributed by atoms with Crippen LogP contribution in [-0.2, 0) is 11.2 Å². The van der Waals surface area contributed by atoms with Gasteiger partial charge < -0.3 is 14.6 Å². The Balaban J connectivity index is 2.10. The van der Waals surface area contributed by atoms with E-state index in [1.807, 2.05) is 0 Å². The number of aliphatic hydroxyl groups excluding tert-OH is 1. The number of rotatable bonds is 6. The van der Waals surface area contributed by atoms with Crippen LogP contribution in [0.15, 0.2) is 52.8 Å². The highest BCUT2D eigenvalue weighted by atomic mass is 16.4. The first kappa shape index (κ1) is 16.2. The van der Waals surface area contributed by atoms with Crippen LogP contribution in [0.5, 0.6) is 0 Å². The van der Waals surface area contributed by atoms with Crippen LogP contribution in [0.25, 0.3) is 0 Å². The fourth-order valence-electron chi connectivity index (χ4n) is 1.93. The molecule has 2 rings (SSSR count). The minimum atomic E-state index is -1.58. The Morgan fingerprint density at radius 2 is 1.74 bits per heavy atom. The average molecular weight is 314 g/mol. The monoisotopic (exact) mass is 314 g/mol. The van der Waals surface area contributed by atoms with E-state index in [0.717, 1.165) is 5.56 Å². The van der Waals surface area contributed by atoms with Gasteiger partial charge in [-0.05, 0) is 18.6 Å². The lowest BCUT2D eigenvalue weighted by Gasteiger charge is -1.99. The summed E-state index contributed by atoms with van der Waals surface area (Å²) in [6.07, 6.45) is 2.24. The van der Waals surface area contributed by atoms with Crippen molar-refractivity contribution in [1.29, 1.82) is 0 Å². The fourth-order valence-corrected chi connectivity index (χ4v) is 1.93. The number of Topliss-reactive ketones (excluding diaryl/α,β-unsaturated/α-hetero) is 1. The second kappa shape index (κ2) is 6.74. The largest absolute Gasteiger partial charge is 0.502 e. The quantitative estimate of drug-likeness (QED) is 0.482. The molecule has 118 valence electrons. The molecule has 0 spiro atoms. The molecule has 0 aliphatic rings. The number of furan rings is 1. The number of ketones is 2. The zero-order chi connectivity index (χ0) is 17.0. The summed E-state index contributed by atoms with van der Waals surface area (Å²) in [4.78, 5) is 33.4. The Labute approximate surface area is 131 Å². The third-order valence-corrected chi connectivity index (χ3v) is 3.16. The van der Waals surface area contributed by atoms with Crippen LogP contribution in [-0.4, -0.2) is 27.7 Å². The molecule has 6 nitrogen and oxygen atoms in total. The van der Waals surface area contributed by atoms with Crippen LogP contribution in [0, 0.1) is 0 Å². The average Bonchev–Trinajstić information content (AvgIpc) is 2.96. The number of carboxylic acid groups (broad SMARTS) is 1. The second-order valence-electron chi connectivity index (χ2n) is 4.93. The Morgan fingerprint density at radius 1 is 1.09 bits per heavy atom. The maximum atomic E-state index is 11.7. The molecule has 0 amide bonds. The van der Waals surface area contributed by atoms with E-state index in [1.54, 1.807) is 24.3 Å². The molecular formula is C17H14O6. The van der Waals surface area contributed by atoms with Crippen LogP contribution in [0.3, 0.4) is 0 Å². The molecule has 0 unspecified atom stereocenters. The van der Waals surface area contributed by atoms with E-state index in [1.165, 1.54) is 19.3 Å². The van der Waals surface area contributed by atoms with Gasteiger partial charge in [0, 0.05) is 18.1 Å². The summed E-state index contributed by atoms with van der Waals surface area (Å²) in [6, 6.07) is 8.47. The lowest BCUT2D eigenvalue weighted by Crippen LogP contribution is -2.03. The molecular weight excluding hydrogens is 300 g/mol. The van der Waals surface area contributed by atoms with E-state index >= 15 is 0 Å². The maximum absolute atomic E-state index is 11.7. The Bertz CT molecular complexity index is 780. The number of benzene rings is 1. The SMILES string of the molecule is CC(=O)c1ccc(Cc2cc(C(=O)/C=C(\O)C(=O)O)co2)cc1. The van der Waals surface area contributed by atoms with Crippen molar-refractivity contribution < 1.29 is 29.0 Å². The van der Waals surface area contributed by atoms with E-state index in [2.05, 4.69) is 0 Å². The van der Waals surface area contributed by atoms with Crippen molar-refractivity contribution in [2.45, 2.75) is 13.3 Å². The summed E-state index contributed by atoms with van der Waals surface area (Å²) >= 11 is 0. The number of allylic oxidation sites excluding steroid dienone is 1. The standard InChI is InChI=1S/C17H14O6/c1-10(18)12-4-2-11(3-5-12)6-14-7-13(9-23-14)15(19)8-16(20)17(21)22/h2-5,7-9,20H,6H2,1H3,(H,21,22)/b16-8-. The molecule has 1 heterocycles. The molecule has 0 bridgehead atoms. The van der Waals surface area contributed by atoms with E-state index < -0.39 is 17.5 Å². The van der Waals surface area contributed by atoms with Crippen LogP contribution in [0.2, 0.25) is 0 Å². The number of carbonyl (C=O) groups is 3. The van der Waals surface area contributed by atoms with Gasteiger partial charge in [-0.3, -0.25) is 9.59 Å². The molecule has 0 atom stereocenters. The highest BCUT2D eigenvalue weighted by Gasteiger charge is 2.12. The van der Waals surface area contributed by atoms with Gasteiger partial charge in [0.2, 0.25) is 5.76 Å². The predicted molar refractivity (Wildman–Crippen MR) is 80.6 cm³/mol. The van der Waals surface area contributed by atoms with Crippen LogP contribution in [0.4, 0.5) is 0 Å². The van der Waals surface area contributed by atoms with Crippen molar-refractivity contribution in [3.8, 4) is 0 Å². The van der Waals surface area contributed by atoms with E-state index in [-0.39, 0.29) is 11.3 Å². The highest BCUT2D eigenvalue weighted by molar-refractivity contribution is 6.07. The number of carbonyl (C=O) groups excluding carboxylic acids is 2. The van der Waals surface area contributed by atoms with Crippen molar-refractivity contribution >= 4 is 17.5 Å². The lowest BCUT2D eigenvalue weighted by atomic mass is 10.1. The number of hydrogen-bond donors (Lipinski definition) is 2. The Hall–Kier alpha value is -3.15. The van der Waals surface area contributed by atoms with Gasteiger partial charge in [0.05, 0.1) is 5.56 Å². The molecule has 6 heteroatoms. The van der Waals surface area contributed by atoms with Crippen molar-refractivity contribution in [3.63, 3.8) is 0 Å². The molecule has 0 saturated carbocycles. The molecule has 0 saturated heterocycles. The molecule has 1 aromatic heterocycles. The molecule has 0 aliphatic heterocycles. The van der Waals surface area contributed by atoms with Crippen molar-refractivity contribution in [1.82, 2.24) is 0 Å². The first-order chi connectivity index (χ1) is 10.9. The van der Waals surface area contributed by atoms with E-state index in [9.17, 15) is 14.4 Å². The van der Waals surface area contributed by atoms with Crippen molar-refractivity contribution in [3.05, 3.63) is 70.9 Å². The molecule has 0 aliphatic carbocycles. The number of aliphatic carboxylic acids is 1. The molecule has 2 N–H and O–H groups in total. The van der Waals surface area contributed by atoms with Gasteiger partial charge in [-0.2, -0.15) is 0 Å². The molecule has 1 aromatic carbocycles. The Morgan fingerprint density at radius 3 is 2.30 bits per heavy atom. The topological polar surface area (TPSA) is 105 Å². The highest BCUT2D eigenvalue weighted by Crippen LogP contribution is 2.15.